The summed E-state index contributed by atoms with van der Waals surface area (Å²) in [4.78, 5) is 13.1. The van der Waals surface area contributed by atoms with Gasteiger partial charge in [0.15, 0.2) is 5.78 Å². The number of benzene rings is 1. The minimum absolute atomic E-state index is 0.0177. The number of nitrogens with zero attached hydrogens (tertiary/aromatic N) is 1. The van der Waals surface area contributed by atoms with Gasteiger partial charge in [0, 0.05) is 28.8 Å². The van der Waals surface area contributed by atoms with Gasteiger partial charge >= 0.3 is 0 Å². The second-order valence-electron chi connectivity index (χ2n) is 5.99. The van der Waals surface area contributed by atoms with Crippen molar-refractivity contribution in [1.82, 2.24) is 4.57 Å². The van der Waals surface area contributed by atoms with Crippen molar-refractivity contribution in [2.45, 2.75) is 24.3 Å². The molecule has 1 aromatic carbocycles. The molecule has 1 fully saturated rings. The number of fused-ring (bicyclic) bond motifs is 1. The molecule has 114 valence electrons. The number of hydrogen-bond acceptors (Lipinski definition) is 3. The summed E-state index contributed by atoms with van der Waals surface area (Å²) < 4.78 is 1.99. The molecular formula is C17H16ClNO2S. The first kappa shape index (κ1) is 14.4. The number of carbonyl (C=O) groups is 1. The molecule has 1 aromatic heterocycles. The number of ketones is 1. The average molecular weight is 334 g/mol. The number of aliphatic hydroxyl groups is 1. The number of aryl methyl sites for hydroxylation is 1. The van der Waals surface area contributed by atoms with Gasteiger partial charge < -0.3 is 9.67 Å². The Balaban J connectivity index is 1.81. The number of halogens is 1. The molecule has 2 aliphatic rings. The highest BCUT2D eigenvalue weighted by Gasteiger charge is 2.57. The van der Waals surface area contributed by atoms with Gasteiger partial charge in [-0.15, -0.1) is 11.8 Å². The summed E-state index contributed by atoms with van der Waals surface area (Å²) in [5, 5.41) is 11.3. The lowest BCUT2D eigenvalue weighted by Gasteiger charge is -2.39. The van der Waals surface area contributed by atoms with Crippen molar-refractivity contribution in [3.63, 3.8) is 0 Å². The van der Waals surface area contributed by atoms with Crippen LogP contribution < -0.4 is 0 Å². The Morgan fingerprint density at radius 3 is 2.82 bits per heavy atom. The van der Waals surface area contributed by atoms with Gasteiger partial charge in [-0.25, -0.2) is 0 Å². The van der Waals surface area contributed by atoms with Crippen LogP contribution in [-0.2, 0) is 6.54 Å². The molecule has 0 radical (unpaired) electrons. The minimum Gasteiger partial charge on any atom is -0.391 e. The van der Waals surface area contributed by atoms with Crippen molar-refractivity contribution in [3.8, 4) is 0 Å². The van der Waals surface area contributed by atoms with Crippen LogP contribution in [0.2, 0.25) is 5.02 Å². The van der Waals surface area contributed by atoms with Gasteiger partial charge in [0.25, 0.3) is 0 Å². The average Bonchev–Trinajstić information content (AvgIpc) is 3.11. The number of thioether (sulfide) groups is 1. The van der Waals surface area contributed by atoms with Crippen LogP contribution in [0.4, 0.5) is 0 Å². The fourth-order valence-electron chi connectivity index (χ4n) is 3.73. The molecule has 1 N–H and O–H groups in total. The Bertz CT molecular complexity index is 727. The van der Waals surface area contributed by atoms with Crippen molar-refractivity contribution in [2.75, 3.05) is 5.75 Å². The number of aliphatic hydroxyl groups excluding tert-OH is 1. The van der Waals surface area contributed by atoms with Crippen LogP contribution in [0, 0.1) is 5.41 Å². The standard InChI is InChI=1S/C17H16ClNO2S/c18-12-5-3-11(4-6-12)16-17(14(20)10-22-16)7-9-19-8-1-2-13(19)15(17)21/h1-6,8,14,16,20H,7,9-10H2/t14-,16+,17+/m0/s1. The van der Waals surface area contributed by atoms with Crippen molar-refractivity contribution in [3.05, 3.63) is 58.9 Å². The predicted molar refractivity (Wildman–Crippen MR) is 88.5 cm³/mol. The van der Waals surface area contributed by atoms with Crippen molar-refractivity contribution in [2.24, 2.45) is 5.41 Å². The van der Waals surface area contributed by atoms with E-state index in [2.05, 4.69) is 0 Å². The molecular weight excluding hydrogens is 318 g/mol. The van der Waals surface area contributed by atoms with Crippen LogP contribution in [0.5, 0.6) is 0 Å². The molecule has 0 aliphatic carbocycles. The maximum absolute atomic E-state index is 13.1. The third-order valence-corrected chi connectivity index (χ3v) is 6.69. The lowest BCUT2D eigenvalue weighted by Crippen LogP contribution is -2.47. The maximum Gasteiger partial charge on any atom is 0.189 e. The van der Waals surface area contributed by atoms with Crippen molar-refractivity contribution in [1.29, 1.82) is 0 Å². The minimum atomic E-state index is -0.715. The van der Waals surface area contributed by atoms with E-state index >= 15 is 0 Å². The van der Waals surface area contributed by atoms with Gasteiger partial charge in [-0.1, -0.05) is 23.7 Å². The van der Waals surface area contributed by atoms with E-state index in [1.54, 1.807) is 11.8 Å². The van der Waals surface area contributed by atoms with Crippen LogP contribution in [0.1, 0.15) is 27.7 Å². The van der Waals surface area contributed by atoms with Crippen LogP contribution in [-0.4, -0.2) is 27.3 Å². The highest BCUT2D eigenvalue weighted by atomic mass is 35.5. The molecule has 0 bridgehead atoms. The van der Waals surface area contributed by atoms with Crippen LogP contribution in [0.25, 0.3) is 0 Å². The van der Waals surface area contributed by atoms with E-state index in [0.717, 1.165) is 12.1 Å². The summed E-state index contributed by atoms with van der Waals surface area (Å²) in [6, 6.07) is 11.4. The normalized spacial score (nSPS) is 30.7. The lowest BCUT2D eigenvalue weighted by molar-refractivity contribution is 0.0273. The molecule has 1 saturated heterocycles. The molecule has 5 heteroatoms. The molecule has 0 amide bonds. The molecule has 22 heavy (non-hydrogen) atoms. The van der Waals surface area contributed by atoms with E-state index in [9.17, 15) is 9.90 Å². The summed E-state index contributed by atoms with van der Waals surface area (Å²) in [6.07, 6.45) is 2.01. The van der Waals surface area contributed by atoms with Crippen LogP contribution in [0.3, 0.4) is 0 Å². The number of Topliss-reactive ketones (excluding diaryl/α,β-unsaturated/α-hetero) is 1. The third kappa shape index (κ3) is 1.91. The zero-order chi connectivity index (χ0) is 15.3. The van der Waals surface area contributed by atoms with Crippen molar-refractivity contribution < 1.29 is 9.90 Å². The Morgan fingerprint density at radius 2 is 2.05 bits per heavy atom. The van der Waals surface area contributed by atoms with Gasteiger partial charge in [0.2, 0.25) is 0 Å². The van der Waals surface area contributed by atoms with Crippen LogP contribution in [0.15, 0.2) is 42.6 Å². The second kappa shape index (κ2) is 5.15. The van der Waals surface area contributed by atoms with Gasteiger partial charge in [0.05, 0.1) is 17.2 Å². The zero-order valence-electron chi connectivity index (χ0n) is 11.9. The molecule has 3 nitrogen and oxygen atoms in total. The van der Waals surface area contributed by atoms with Gasteiger partial charge in [-0.05, 0) is 36.2 Å². The molecule has 3 atom stereocenters. The SMILES string of the molecule is O=C1c2cccn2CC[C@]12[C@@H](c1ccc(Cl)cc1)SC[C@@H]2O. The Labute approximate surface area is 138 Å². The first-order valence-corrected chi connectivity index (χ1v) is 8.80. The third-order valence-electron chi connectivity index (χ3n) is 4.91. The summed E-state index contributed by atoms with van der Waals surface area (Å²) in [6.45, 7) is 0.774. The highest BCUT2D eigenvalue weighted by Crippen LogP contribution is 2.58. The van der Waals surface area contributed by atoms with E-state index < -0.39 is 11.5 Å². The first-order valence-electron chi connectivity index (χ1n) is 7.38. The summed E-state index contributed by atoms with van der Waals surface area (Å²) in [5.41, 5.74) is 1.07. The van der Waals surface area contributed by atoms with Gasteiger partial charge in [-0.2, -0.15) is 0 Å². The number of hydrogen-bond donors (Lipinski definition) is 1. The zero-order valence-corrected chi connectivity index (χ0v) is 13.5. The molecule has 0 unspecified atom stereocenters. The number of rotatable bonds is 1. The molecule has 1 spiro atoms. The number of carbonyl (C=O) groups excluding carboxylic acids is 1. The van der Waals surface area contributed by atoms with Crippen LogP contribution >= 0.6 is 23.4 Å². The fourth-order valence-corrected chi connectivity index (χ4v) is 5.56. The Morgan fingerprint density at radius 1 is 1.27 bits per heavy atom. The molecule has 2 aromatic rings. The Hall–Kier alpha value is -1.23. The largest absolute Gasteiger partial charge is 0.391 e. The monoisotopic (exact) mass is 333 g/mol. The van der Waals surface area contributed by atoms with Crippen molar-refractivity contribution >= 4 is 29.1 Å². The molecule has 3 heterocycles. The van der Waals surface area contributed by atoms with Gasteiger partial charge in [0.1, 0.15) is 0 Å². The second-order valence-corrected chi connectivity index (χ2v) is 7.56. The smallest absolute Gasteiger partial charge is 0.189 e. The van der Waals surface area contributed by atoms with E-state index in [-0.39, 0.29) is 11.0 Å². The summed E-state index contributed by atoms with van der Waals surface area (Å²) >= 11 is 7.65. The lowest BCUT2D eigenvalue weighted by atomic mass is 9.69. The summed E-state index contributed by atoms with van der Waals surface area (Å²) in [7, 11) is 0. The van der Waals surface area contributed by atoms with Gasteiger partial charge in [-0.3, -0.25) is 4.79 Å². The highest BCUT2D eigenvalue weighted by molar-refractivity contribution is 7.99. The van der Waals surface area contributed by atoms with E-state index in [1.165, 1.54) is 0 Å². The van der Waals surface area contributed by atoms with E-state index in [1.807, 2.05) is 47.2 Å². The molecule has 0 saturated carbocycles. The fraction of sp³-hybridized carbons (Fsp3) is 0.353. The molecule has 4 rings (SSSR count). The summed E-state index contributed by atoms with van der Waals surface area (Å²) in [5.74, 6) is 0.668. The first-order chi connectivity index (χ1) is 10.6. The quantitative estimate of drug-likeness (QED) is 0.867. The Kier molecular flexibility index (Phi) is 3.36. The van der Waals surface area contributed by atoms with E-state index in [4.69, 9.17) is 11.6 Å². The maximum atomic E-state index is 13.1. The molecule has 2 aliphatic heterocycles. The number of aromatic nitrogens is 1. The van der Waals surface area contributed by atoms with E-state index in [0.29, 0.717) is 22.9 Å². The predicted octanol–water partition coefficient (Wildman–Crippen LogP) is 3.56. The topological polar surface area (TPSA) is 42.2 Å².